The molecular formula is C26H43N5O5. The summed E-state index contributed by atoms with van der Waals surface area (Å²) >= 11 is 0. The molecule has 202 valence electrons. The lowest BCUT2D eigenvalue weighted by molar-refractivity contribution is -0.130. The number of hydrogen-bond donors (Lipinski definition) is 5. The van der Waals surface area contributed by atoms with Gasteiger partial charge in [0, 0.05) is 19.5 Å². The Balaban J connectivity index is 2.25. The summed E-state index contributed by atoms with van der Waals surface area (Å²) in [6.45, 7) is 10.1. The lowest BCUT2D eigenvalue weighted by Crippen LogP contribution is -2.53. The number of hydrazine groups is 1. The van der Waals surface area contributed by atoms with Crippen LogP contribution in [-0.4, -0.2) is 42.0 Å². The molecule has 6 N–H and O–H groups in total. The van der Waals surface area contributed by atoms with E-state index in [0.29, 0.717) is 32.4 Å². The van der Waals surface area contributed by atoms with Gasteiger partial charge in [-0.3, -0.25) is 25.2 Å². The van der Waals surface area contributed by atoms with Gasteiger partial charge in [0.2, 0.25) is 11.8 Å². The quantitative estimate of drug-likeness (QED) is 0.205. The fraction of sp³-hybridized carbons (Fsp3) is 0.615. The summed E-state index contributed by atoms with van der Waals surface area (Å²) in [7, 11) is 0. The van der Waals surface area contributed by atoms with Crippen molar-refractivity contribution in [3.63, 3.8) is 0 Å². The molecule has 1 atom stereocenters. The monoisotopic (exact) mass is 505 g/mol. The van der Waals surface area contributed by atoms with Crippen molar-refractivity contribution < 1.29 is 23.9 Å². The highest BCUT2D eigenvalue weighted by Gasteiger charge is 2.25. The third-order valence-electron chi connectivity index (χ3n) is 5.07. The molecule has 0 radical (unpaired) electrons. The minimum absolute atomic E-state index is 0.0492. The zero-order valence-electron chi connectivity index (χ0n) is 22.2. The van der Waals surface area contributed by atoms with Gasteiger partial charge in [0.15, 0.2) is 0 Å². The number of nitrogens with two attached hydrogens (primary N) is 1. The van der Waals surface area contributed by atoms with Crippen LogP contribution in [0.5, 0.6) is 0 Å². The molecular weight excluding hydrogens is 462 g/mol. The normalized spacial score (nSPS) is 12.0. The van der Waals surface area contributed by atoms with Gasteiger partial charge in [-0.2, -0.15) is 0 Å². The molecule has 1 rings (SSSR count). The molecule has 4 amide bonds. The molecule has 0 aromatic heterocycles. The molecule has 36 heavy (non-hydrogen) atoms. The van der Waals surface area contributed by atoms with Crippen molar-refractivity contribution >= 4 is 23.8 Å². The Morgan fingerprint density at radius 2 is 1.56 bits per heavy atom. The van der Waals surface area contributed by atoms with Crippen LogP contribution in [0.1, 0.15) is 77.8 Å². The van der Waals surface area contributed by atoms with Crippen LogP contribution in [0.3, 0.4) is 0 Å². The largest absolute Gasteiger partial charge is 0.444 e. The molecule has 10 heteroatoms. The first kappa shape index (κ1) is 30.9. The number of carbonyl (C=O) groups is 4. The molecule has 0 bridgehead atoms. The minimum atomic E-state index is -0.831. The second kappa shape index (κ2) is 15.8. The zero-order valence-corrected chi connectivity index (χ0v) is 22.2. The van der Waals surface area contributed by atoms with Crippen LogP contribution >= 0.6 is 0 Å². The fourth-order valence-electron chi connectivity index (χ4n) is 3.29. The summed E-state index contributed by atoms with van der Waals surface area (Å²) in [5, 5.41) is 5.44. The highest BCUT2D eigenvalue weighted by atomic mass is 16.6. The Morgan fingerprint density at radius 3 is 2.14 bits per heavy atom. The summed E-state index contributed by atoms with van der Waals surface area (Å²) in [6.07, 6.45) is 2.36. The van der Waals surface area contributed by atoms with E-state index in [1.165, 1.54) is 0 Å². The number of nitrogens with one attached hydrogen (secondary N) is 4. The highest BCUT2D eigenvalue weighted by molar-refractivity contribution is 5.87. The maximum atomic E-state index is 12.5. The standard InChI is InChI=1S/C26H43N5O5/c1-18(2)15-21(29-25(35)36-26(3,4)5)24(34)31-30-22(32)9-7-6-8-14-28-23(33)16-19-10-12-20(17-27)13-11-19/h10-13,18,21H,6-9,14-17,27H2,1-5H3,(H,28,33)(H,29,35)(H,30,32)(H,31,34)/t21-/m1/s1. The maximum absolute atomic E-state index is 12.5. The van der Waals surface area contributed by atoms with Crippen LogP contribution in [0.15, 0.2) is 24.3 Å². The van der Waals surface area contributed by atoms with Crippen LogP contribution in [0.25, 0.3) is 0 Å². The zero-order chi connectivity index (χ0) is 27.1. The topological polar surface area (TPSA) is 152 Å². The Bertz CT molecular complexity index is 849. The van der Waals surface area contributed by atoms with Gasteiger partial charge in [-0.1, -0.05) is 44.5 Å². The molecule has 0 saturated heterocycles. The van der Waals surface area contributed by atoms with Crippen LogP contribution in [0.2, 0.25) is 0 Å². The van der Waals surface area contributed by atoms with Gasteiger partial charge in [0.25, 0.3) is 5.91 Å². The SMILES string of the molecule is CC(C)C[C@@H](NC(=O)OC(C)(C)C)C(=O)NNC(=O)CCCCCNC(=O)Cc1ccc(CN)cc1. The molecule has 0 aliphatic carbocycles. The Kier molecular flexibility index (Phi) is 13.5. The van der Waals surface area contributed by atoms with Crippen molar-refractivity contribution in [3.8, 4) is 0 Å². The van der Waals surface area contributed by atoms with Crippen LogP contribution in [0.4, 0.5) is 4.79 Å². The third-order valence-corrected chi connectivity index (χ3v) is 5.07. The average molecular weight is 506 g/mol. The Morgan fingerprint density at radius 1 is 0.917 bits per heavy atom. The van der Waals surface area contributed by atoms with E-state index in [4.69, 9.17) is 10.5 Å². The summed E-state index contributed by atoms with van der Waals surface area (Å²) in [5.74, 6) is -0.743. The highest BCUT2D eigenvalue weighted by Crippen LogP contribution is 2.10. The van der Waals surface area contributed by atoms with E-state index in [-0.39, 0.29) is 24.2 Å². The third kappa shape index (κ3) is 14.3. The molecule has 10 nitrogen and oxygen atoms in total. The second-order valence-electron chi connectivity index (χ2n) is 10.2. The van der Waals surface area contributed by atoms with Crippen LogP contribution in [0, 0.1) is 5.92 Å². The number of rotatable bonds is 13. The summed E-state index contributed by atoms with van der Waals surface area (Å²) < 4.78 is 5.22. The van der Waals surface area contributed by atoms with Crippen molar-refractivity contribution in [3.05, 3.63) is 35.4 Å². The molecule has 0 aliphatic heterocycles. The number of hydrogen-bond acceptors (Lipinski definition) is 6. The number of alkyl carbamates (subject to hydrolysis) is 1. The van der Waals surface area contributed by atoms with E-state index < -0.39 is 23.6 Å². The first-order valence-electron chi connectivity index (χ1n) is 12.5. The van der Waals surface area contributed by atoms with E-state index in [1.807, 2.05) is 38.1 Å². The summed E-state index contributed by atoms with van der Waals surface area (Å²) in [4.78, 5) is 48.6. The summed E-state index contributed by atoms with van der Waals surface area (Å²) in [6, 6.07) is 6.80. The molecule has 0 spiro atoms. The first-order chi connectivity index (χ1) is 16.9. The first-order valence-corrected chi connectivity index (χ1v) is 12.5. The van der Waals surface area contributed by atoms with Gasteiger partial charge in [-0.05, 0) is 57.1 Å². The van der Waals surface area contributed by atoms with Gasteiger partial charge < -0.3 is 21.1 Å². The molecule has 0 fully saturated rings. The molecule has 1 aromatic carbocycles. The van der Waals surface area contributed by atoms with Crippen molar-refractivity contribution in [1.29, 1.82) is 0 Å². The number of unbranched alkanes of at least 4 members (excludes halogenated alkanes) is 2. The van der Waals surface area contributed by atoms with Crippen molar-refractivity contribution in [2.75, 3.05) is 6.54 Å². The van der Waals surface area contributed by atoms with Crippen LogP contribution in [-0.2, 0) is 32.1 Å². The van der Waals surface area contributed by atoms with Crippen molar-refractivity contribution in [2.45, 2.75) is 91.3 Å². The van der Waals surface area contributed by atoms with Gasteiger partial charge >= 0.3 is 6.09 Å². The lowest BCUT2D eigenvalue weighted by Gasteiger charge is -2.24. The van der Waals surface area contributed by atoms with E-state index in [1.54, 1.807) is 20.8 Å². The van der Waals surface area contributed by atoms with E-state index in [9.17, 15) is 19.2 Å². The molecule has 0 aliphatic rings. The van der Waals surface area contributed by atoms with E-state index in [0.717, 1.165) is 24.0 Å². The lowest BCUT2D eigenvalue weighted by atomic mass is 10.0. The number of amides is 4. The Hall–Kier alpha value is -3.14. The van der Waals surface area contributed by atoms with Gasteiger partial charge in [0.05, 0.1) is 6.42 Å². The molecule has 1 aromatic rings. The molecule has 0 saturated carbocycles. The van der Waals surface area contributed by atoms with E-state index >= 15 is 0 Å². The number of benzene rings is 1. The van der Waals surface area contributed by atoms with Crippen molar-refractivity contribution in [2.24, 2.45) is 11.7 Å². The predicted octanol–water partition coefficient (Wildman–Crippen LogP) is 2.45. The molecule has 0 unspecified atom stereocenters. The van der Waals surface area contributed by atoms with Crippen LogP contribution < -0.4 is 27.2 Å². The maximum Gasteiger partial charge on any atom is 0.408 e. The average Bonchev–Trinajstić information content (AvgIpc) is 2.78. The minimum Gasteiger partial charge on any atom is -0.444 e. The number of carbonyl (C=O) groups excluding carboxylic acids is 4. The smallest absolute Gasteiger partial charge is 0.408 e. The fourth-order valence-corrected chi connectivity index (χ4v) is 3.29. The van der Waals surface area contributed by atoms with Crippen molar-refractivity contribution in [1.82, 2.24) is 21.5 Å². The number of ether oxygens (including phenoxy) is 1. The van der Waals surface area contributed by atoms with Gasteiger partial charge in [-0.15, -0.1) is 0 Å². The van der Waals surface area contributed by atoms with Gasteiger partial charge in [-0.25, -0.2) is 4.79 Å². The van der Waals surface area contributed by atoms with E-state index in [2.05, 4.69) is 21.5 Å². The predicted molar refractivity (Wildman–Crippen MR) is 138 cm³/mol. The Labute approximate surface area is 214 Å². The second-order valence-corrected chi connectivity index (χ2v) is 10.2. The van der Waals surface area contributed by atoms with Gasteiger partial charge in [0.1, 0.15) is 11.6 Å². The molecule has 0 heterocycles. The summed E-state index contributed by atoms with van der Waals surface area (Å²) in [5.41, 5.74) is 11.6.